The first-order chi connectivity index (χ1) is 22.9. The third-order valence-electron chi connectivity index (χ3n) is 9.05. The second-order valence-electron chi connectivity index (χ2n) is 14.1. The molecule has 2 aromatic carbocycles. The molecule has 0 unspecified atom stereocenters. The molecule has 0 spiro atoms. The zero-order valence-corrected chi connectivity index (χ0v) is 33.8. The van der Waals surface area contributed by atoms with Crippen LogP contribution >= 0.6 is 11.3 Å². The molecule has 0 aliphatic rings. The Bertz CT molecular complexity index is 1860. The van der Waals surface area contributed by atoms with Crippen LogP contribution in [-0.2, 0) is 36.7 Å². The molecular formula is C42H52IrN3O2S-. The first-order valence-electron chi connectivity index (χ1n) is 17.5. The summed E-state index contributed by atoms with van der Waals surface area (Å²) in [4.78, 5) is 25.8. The van der Waals surface area contributed by atoms with Gasteiger partial charge >= 0.3 is 0 Å². The van der Waals surface area contributed by atoms with Crippen LogP contribution in [0.15, 0.2) is 72.2 Å². The summed E-state index contributed by atoms with van der Waals surface area (Å²) in [7, 11) is 0. The Labute approximate surface area is 311 Å². The molecule has 0 aliphatic heterocycles. The molecule has 0 saturated heterocycles. The number of carbonyl (C=O) groups is 1. The average Bonchev–Trinajstić information content (AvgIpc) is 3.56. The van der Waals surface area contributed by atoms with Crippen molar-refractivity contribution >= 4 is 38.0 Å². The summed E-state index contributed by atoms with van der Waals surface area (Å²) in [6.45, 7) is 19.3. The summed E-state index contributed by atoms with van der Waals surface area (Å²) in [6, 6.07) is 18.5. The molecule has 5 aromatic rings. The molecule has 49 heavy (non-hydrogen) atoms. The fourth-order valence-electron chi connectivity index (χ4n) is 6.20. The second-order valence-corrected chi connectivity index (χ2v) is 15.0. The van der Waals surface area contributed by atoms with Crippen molar-refractivity contribution in [3.8, 4) is 22.6 Å². The number of fused-ring (bicyclic) bond motifs is 2. The van der Waals surface area contributed by atoms with Crippen LogP contribution in [0.1, 0.15) is 99.1 Å². The number of hydrogen-bond donors (Lipinski definition) is 1. The monoisotopic (exact) mass is 855 g/mol. The van der Waals surface area contributed by atoms with E-state index in [0.717, 1.165) is 60.1 Å². The van der Waals surface area contributed by atoms with Gasteiger partial charge in [0.05, 0.1) is 16.2 Å². The van der Waals surface area contributed by atoms with E-state index in [2.05, 4.69) is 98.5 Å². The molecule has 0 amide bonds. The predicted octanol–water partition coefficient (Wildman–Crippen LogP) is 11.7. The maximum absolute atomic E-state index is 11.7. The molecule has 1 radical (unpaired) electrons. The first-order valence-corrected chi connectivity index (χ1v) is 18.4. The maximum Gasteiger partial charge on any atom is 0.162 e. The van der Waals surface area contributed by atoms with Crippen molar-refractivity contribution in [3.63, 3.8) is 0 Å². The predicted molar refractivity (Wildman–Crippen MR) is 204 cm³/mol. The van der Waals surface area contributed by atoms with Crippen LogP contribution < -0.4 is 0 Å². The van der Waals surface area contributed by atoms with E-state index in [4.69, 9.17) is 4.98 Å². The van der Waals surface area contributed by atoms with E-state index in [1.165, 1.54) is 32.7 Å². The van der Waals surface area contributed by atoms with Gasteiger partial charge in [0.25, 0.3) is 0 Å². The van der Waals surface area contributed by atoms with Gasteiger partial charge in [-0.2, -0.15) is 0 Å². The van der Waals surface area contributed by atoms with Crippen LogP contribution in [0.4, 0.5) is 0 Å². The molecule has 0 saturated carbocycles. The van der Waals surface area contributed by atoms with Gasteiger partial charge in [0.2, 0.25) is 0 Å². The number of thiophene rings is 1. The number of aromatic nitrogens is 3. The number of ketones is 1. The number of nitrogens with zero attached hydrogens (tertiary/aromatic N) is 3. The molecule has 3 aromatic heterocycles. The summed E-state index contributed by atoms with van der Waals surface area (Å²) < 4.78 is 1.19. The third kappa shape index (κ3) is 9.93. The van der Waals surface area contributed by atoms with Crippen molar-refractivity contribution in [2.45, 2.75) is 99.8 Å². The van der Waals surface area contributed by atoms with Crippen molar-refractivity contribution in [2.75, 3.05) is 0 Å². The largest absolute Gasteiger partial charge is 0.512 e. The molecule has 1 N–H and O–H groups in total. The zero-order valence-electron chi connectivity index (χ0n) is 30.6. The van der Waals surface area contributed by atoms with Gasteiger partial charge in [-0.05, 0) is 71.9 Å². The molecule has 5 nitrogen and oxygen atoms in total. The summed E-state index contributed by atoms with van der Waals surface area (Å²) in [5, 5.41) is 15.5. The Balaban J connectivity index is 0.000000347. The zero-order chi connectivity index (χ0) is 35.0. The van der Waals surface area contributed by atoms with E-state index in [1.54, 1.807) is 17.7 Å². The fourth-order valence-corrected chi connectivity index (χ4v) is 7.14. The molecule has 0 atom stereocenters. The Morgan fingerprint density at radius 2 is 1.55 bits per heavy atom. The van der Waals surface area contributed by atoms with Crippen LogP contribution in [-0.4, -0.2) is 25.8 Å². The van der Waals surface area contributed by atoms with Gasteiger partial charge in [-0.1, -0.05) is 91.5 Å². The van der Waals surface area contributed by atoms with Crippen LogP contribution in [0.5, 0.6) is 0 Å². The van der Waals surface area contributed by atoms with Gasteiger partial charge in [0.15, 0.2) is 5.78 Å². The fraction of sp³-hybridized carbons (Fsp3) is 0.429. The Hall–Kier alpha value is -3.25. The SMILES string of the molecule is CC(C)Cc1cnc(-c2cc(-c3[c-]c4ccccc4c(C(C)(C)C)c3)ncn2)c2sccc12.CCC(CC)C(=O)/C=C(\O)C(CC)CC.[Ir]. The molecule has 0 bridgehead atoms. The number of aliphatic hydroxyl groups is 1. The molecule has 0 fully saturated rings. The van der Waals surface area contributed by atoms with Crippen LogP contribution in [0.3, 0.4) is 0 Å². The van der Waals surface area contributed by atoms with E-state index < -0.39 is 0 Å². The third-order valence-corrected chi connectivity index (χ3v) is 9.98. The quantitative estimate of drug-likeness (QED) is 0.0814. The van der Waals surface area contributed by atoms with E-state index in [1.807, 2.05) is 33.9 Å². The van der Waals surface area contributed by atoms with Gasteiger partial charge in [-0.25, -0.2) is 4.98 Å². The number of allylic oxidation sites excluding steroid dienone is 2. The van der Waals surface area contributed by atoms with Crippen LogP contribution in [0.25, 0.3) is 43.5 Å². The van der Waals surface area contributed by atoms with Gasteiger partial charge < -0.3 is 5.11 Å². The summed E-state index contributed by atoms with van der Waals surface area (Å²) in [5.74, 6) is 1.14. The molecule has 0 aliphatic carbocycles. The second kappa shape index (κ2) is 18.1. The number of aliphatic hydroxyl groups excluding tert-OH is 1. The molecule has 263 valence electrons. The standard InChI is InChI=1S/C29H28N3S.C13H24O2.Ir/c1-18(2)12-21-16-30-27(28-23(21)10-11-33-28)26-15-25(31-17-32-26)20-13-19-8-6-7-9-22(19)24(14-20)29(3,4)5;1-5-10(6-2)12(14)9-13(15)11(7-3)8-4;/h6-11,14-18H,12H2,1-5H3;9-11,14H,5-8H2,1-4H3;/q-1;;/b;12-9-;. The summed E-state index contributed by atoms with van der Waals surface area (Å²) >= 11 is 1.73. The Kier molecular flexibility index (Phi) is 14.9. The average molecular weight is 855 g/mol. The van der Waals surface area contributed by atoms with Crippen molar-refractivity contribution < 1.29 is 30.0 Å². The smallest absolute Gasteiger partial charge is 0.162 e. The minimum atomic E-state index is 0. The van der Waals surface area contributed by atoms with Gasteiger partial charge in [-0.15, -0.1) is 40.5 Å². The van der Waals surface area contributed by atoms with Crippen LogP contribution in [0.2, 0.25) is 0 Å². The van der Waals surface area contributed by atoms with E-state index in [0.29, 0.717) is 5.92 Å². The first kappa shape index (κ1) is 40.2. The Morgan fingerprint density at radius 1 is 0.898 bits per heavy atom. The minimum absolute atomic E-state index is 0. The Morgan fingerprint density at radius 3 is 2.18 bits per heavy atom. The maximum atomic E-state index is 11.7. The number of rotatable bonds is 11. The number of carbonyl (C=O) groups excluding carboxylic acids is 1. The van der Waals surface area contributed by atoms with Crippen LogP contribution in [0, 0.1) is 23.8 Å². The van der Waals surface area contributed by atoms with Crippen molar-refractivity contribution in [1.29, 1.82) is 0 Å². The van der Waals surface area contributed by atoms with Gasteiger partial charge in [0, 0.05) is 49.9 Å². The van der Waals surface area contributed by atoms with E-state index >= 15 is 0 Å². The number of hydrogen-bond acceptors (Lipinski definition) is 6. The number of benzene rings is 2. The van der Waals surface area contributed by atoms with E-state index in [-0.39, 0.29) is 48.9 Å². The van der Waals surface area contributed by atoms with E-state index in [9.17, 15) is 9.90 Å². The van der Waals surface area contributed by atoms with Crippen molar-refractivity contribution in [3.05, 3.63) is 89.4 Å². The summed E-state index contributed by atoms with van der Waals surface area (Å²) in [6.07, 6.45) is 9.60. The summed E-state index contributed by atoms with van der Waals surface area (Å²) in [5.41, 5.74) is 6.24. The molecule has 3 heterocycles. The molecular weight excluding hydrogens is 803 g/mol. The topological polar surface area (TPSA) is 76.0 Å². The normalized spacial score (nSPS) is 12.0. The molecule has 7 heteroatoms. The molecule has 5 rings (SSSR count). The van der Waals surface area contributed by atoms with Gasteiger partial charge in [0.1, 0.15) is 12.0 Å². The van der Waals surface area contributed by atoms with Gasteiger partial charge in [-0.3, -0.25) is 14.8 Å². The minimum Gasteiger partial charge on any atom is -0.512 e. The van der Waals surface area contributed by atoms with Crippen molar-refractivity contribution in [1.82, 2.24) is 15.0 Å². The number of pyridine rings is 1. The van der Waals surface area contributed by atoms with Crippen molar-refractivity contribution in [2.24, 2.45) is 17.8 Å².